The van der Waals surface area contributed by atoms with Gasteiger partial charge in [0.15, 0.2) is 15.7 Å². The number of nitriles is 1. The molecule has 0 aliphatic carbocycles. The Bertz CT molecular complexity index is 1630. The van der Waals surface area contributed by atoms with Gasteiger partial charge < -0.3 is 11.5 Å². The van der Waals surface area contributed by atoms with Gasteiger partial charge in [-0.25, -0.2) is 18.0 Å². The molecule has 0 radical (unpaired) electrons. The van der Waals surface area contributed by atoms with E-state index >= 15 is 0 Å². The normalized spacial score (nSPS) is 11.3. The number of benzene rings is 2. The van der Waals surface area contributed by atoms with E-state index in [4.69, 9.17) is 11.5 Å². The summed E-state index contributed by atoms with van der Waals surface area (Å²) >= 11 is 0. The van der Waals surface area contributed by atoms with Crippen LogP contribution in [0.5, 0.6) is 0 Å². The van der Waals surface area contributed by atoms with E-state index in [0.717, 1.165) is 6.26 Å². The lowest BCUT2D eigenvalue weighted by Crippen LogP contribution is -2.31. The van der Waals surface area contributed by atoms with E-state index in [2.05, 4.69) is 15.0 Å². The summed E-state index contributed by atoms with van der Waals surface area (Å²) in [5.74, 6) is -0.0908. The third kappa shape index (κ3) is 3.78. The minimum Gasteiger partial charge on any atom is -0.382 e. The molecule has 2 aromatic carbocycles. The molecule has 4 rings (SSSR count). The lowest BCUT2D eigenvalue weighted by molar-refractivity contribution is 0.602. The van der Waals surface area contributed by atoms with Gasteiger partial charge in [0.1, 0.15) is 17.5 Å². The Morgan fingerprint density at radius 1 is 1.06 bits per heavy atom. The molecule has 0 aliphatic heterocycles. The molecule has 0 amide bonds. The number of hydrogen-bond donors (Lipinski definition) is 2. The third-order valence-electron chi connectivity index (χ3n) is 5.12. The van der Waals surface area contributed by atoms with Crippen molar-refractivity contribution in [2.45, 2.75) is 11.8 Å². The molecule has 0 bridgehead atoms. The first-order valence-electron chi connectivity index (χ1n) is 10.1. The van der Waals surface area contributed by atoms with E-state index < -0.39 is 15.4 Å². The average molecular weight is 477 g/mol. The minimum absolute atomic E-state index is 0.0325. The second kappa shape index (κ2) is 8.45. The fraction of sp³-hybridized carbons (Fsp3) is 0.136. The van der Waals surface area contributed by atoms with Gasteiger partial charge in [0.25, 0.3) is 5.56 Å². The molecule has 4 N–H and O–H groups in total. The average Bonchev–Trinajstić information content (AvgIpc) is 2.79. The van der Waals surface area contributed by atoms with E-state index in [1.165, 1.54) is 21.6 Å². The molecule has 11 nitrogen and oxygen atoms in total. The predicted octanol–water partition coefficient (Wildman–Crippen LogP) is 1.77. The number of hydrogen-bond acceptors (Lipinski definition) is 10. The van der Waals surface area contributed by atoms with Crippen LogP contribution in [0.25, 0.3) is 16.6 Å². The zero-order chi connectivity index (χ0) is 24.6. The van der Waals surface area contributed by atoms with Gasteiger partial charge in [0.2, 0.25) is 11.9 Å². The van der Waals surface area contributed by atoms with Crippen molar-refractivity contribution in [1.82, 2.24) is 19.5 Å². The van der Waals surface area contributed by atoms with Crippen molar-refractivity contribution >= 4 is 44.3 Å². The van der Waals surface area contributed by atoms with Gasteiger partial charge >= 0.3 is 0 Å². The molecular weight excluding hydrogens is 456 g/mol. The standard InChI is InChI=1S/C22H20N8O3S/c1-3-29(19-14(12-23)18(24)27-21(25)28-19)22-26-15-10-7-11-16(34(2,32)33)17(15)20(31)30(22)13-8-5-4-6-9-13/h4-11H,3H2,1-2H3,(H4,24,25,27,28). The highest BCUT2D eigenvalue weighted by Gasteiger charge is 2.26. The number of fused-ring (bicyclic) bond motifs is 1. The second-order valence-electron chi connectivity index (χ2n) is 7.33. The first kappa shape index (κ1) is 22.7. The monoisotopic (exact) mass is 476 g/mol. The fourth-order valence-corrected chi connectivity index (χ4v) is 4.55. The Morgan fingerprint density at radius 2 is 1.76 bits per heavy atom. The maximum Gasteiger partial charge on any atom is 0.268 e. The van der Waals surface area contributed by atoms with Crippen LogP contribution in [0.15, 0.2) is 58.2 Å². The van der Waals surface area contributed by atoms with Crippen molar-refractivity contribution in [3.8, 4) is 11.8 Å². The van der Waals surface area contributed by atoms with E-state index in [1.807, 2.05) is 6.07 Å². The zero-order valence-corrected chi connectivity index (χ0v) is 19.1. The van der Waals surface area contributed by atoms with Gasteiger partial charge in [0.05, 0.1) is 21.5 Å². The van der Waals surface area contributed by atoms with Gasteiger partial charge in [-0.2, -0.15) is 15.2 Å². The summed E-state index contributed by atoms with van der Waals surface area (Å²) in [6.45, 7) is 2.00. The van der Waals surface area contributed by atoms with Crippen molar-refractivity contribution in [2.24, 2.45) is 0 Å². The van der Waals surface area contributed by atoms with Crippen LogP contribution >= 0.6 is 0 Å². The van der Waals surface area contributed by atoms with Gasteiger partial charge in [-0.1, -0.05) is 24.3 Å². The molecule has 0 saturated carbocycles. The van der Waals surface area contributed by atoms with E-state index in [9.17, 15) is 18.5 Å². The van der Waals surface area contributed by atoms with Gasteiger partial charge in [-0.3, -0.25) is 9.69 Å². The molecule has 34 heavy (non-hydrogen) atoms. The maximum atomic E-state index is 13.8. The smallest absolute Gasteiger partial charge is 0.268 e. The first-order chi connectivity index (χ1) is 16.2. The second-order valence-corrected chi connectivity index (χ2v) is 9.32. The predicted molar refractivity (Wildman–Crippen MR) is 129 cm³/mol. The first-order valence-corrected chi connectivity index (χ1v) is 12.0. The van der Waals surface area contributed by atoms with Gasteiger partial charge in [-0.15, -0.1) is 0 Å². The Kier molecular flexibility index (Phi) is 5.64. The van der Waals surface area contributed by atoms with Crippen molar-refractivity contribution in [3.63, 3.8) is 0 Å². The molecule has 4 aromatic rings. The molecule has 172 valence electrons. The van der Waals surface area contributed by atoms with Crippen molar-refractivity contribution < 1.29 is 8.42 Å². The summed E-state index contributed by atoms with van der Waals surface area (Å²) in [5.41, 5.74) is 11.7. The number of para-hydroxylation sites is 1. The molecule has 0 fully saturated rings. The lowest BCUT2D eigenvalue weighted by atomic mass is 10.2. The van der Waals surface area contributed by atoms with Crippen molar-refractivity contribution in [2.75, 3.05) is 29.2 Å². The number of sulfone groups is 1. The lowest BCUT2D eigenvalue weighted by Gasteiger charge is -2.26. The van der Waals surface area contributed by atoms with E-state index in [1.54, 1.807) is 43.3 Å². The van der Waals surface area contributed by atoms with Crippen LogP contribution in [-0.2, 0) is 9.84 Å². The summed E-state index contributed by atoms with van der Waals surface area (Å²) in [4.78, 5) is 27.9. The van der Waals surface area contributed by atoms with Crippen LogP contribution in [0.2, 0.25) is 0 Å². The van der Waals surface area contributed by atoms with E-state index in [-0.39, 0.29) is 51.4 Å². The van der Waals surface area contributed by atoms with Gasteiger partial charge in [0, 0.05) is 12.8 Å². The molecule has 2 aromatic heterocycles. The number of aromatic nitrogens is 4. The summed E-state index contributed by atoms with van der Waals surface area (Å²) in [7, 11) is -3.73. The quantitative estimate of drug-likeness (QED) is 0.432. The molecule has 12 heteroatoms. The van der Waals surface area contributed by atoms with Crippen molar-refractivity contribution in [1.29, 1.82) is 5.26 Å². The zero-order valence-electron chi connectivity index (χ0n) is 18.3. The Labute approximate surface area is 194 Å². The molecule has 2 heterocycles. The molecule has 0 aliphatic rings. The van der Waals surface area contributed by atoms with Gasteiger partial charge in [-0.05, 0) is 31.2 Å². The fourth-order valence-electron chi connectivity index (χ4n) is 3.66. The summed E-state index contributed by atoms with van der Waals surface area (Å²) < 4.78 is 26.1. The van der Waals surface area contributed by atoms with Crippen LogP contribution in [0.1, 0.15) is 12.5 Å². The number of nitrogen functional groups attached to an aromatic ring is 2. The molecular formula is C22H20N8O3S. The summed E-state index contributed by atoms with van der Waals surface area (Å²) in [6, 6.07) is 15.0. The maximum absolute atomic E-state index is 13.8. The number of anilines is 4. The molecule has 0 unspecified atom stereocenters. The summed E-state index contributed by atoms with van der Waals surface area (Å²) in [6.07, 6.45) is 1.03. The number of nitrogens with two attached hydrogens (primary N) is 2. The van der Waals surface area contributed by atoms with Crippen LogP contribution < -0.4 is 21.9 Å². The number of nitrogens with zero attached hydrogens (tertiary/aromatic N) is 6. The molecule has 0 spiro atoms. The molecule has 0 saturated heterocycles. The SMILES string of the molecule is CCN(c1nc(N)nc(N)c1C#N)c1nc2cccc(S(C)(=O)=O)c2c(=O)n1-c1ccccc1. The molecule has 0 atom stereocenters. The Morgan fingerprint density at radius 3 is 2.38 bits per heavy atom. The highest BCUT2D eigenvalue weighted by atomic mass is 32.2. The van der Waals surface area contributed by atoms with E-state index in [0.29, 0.717) is 5.69 Å². The van der Waals surface area contributed by atoms with Crippen LogP contribution in [-0.4, -0.2) is 40.7 Å². The van der Waals surface area contributed by atoms with Crippen molar-refractivity contribution in [3.05, 3.63) is 64.4 Å². The highest BCUT2D eigenvalue weighted by molar-refractivity contribution is 7.91. The number of rotatable bonds is 5. The highest BCUT2D eigenvalue weighted by Crippen LogP contribution is 2.31. The topological polar surface area (TPSA) is 174 Å². The minimum atomic E-state index is -3.73. The summed E-state index contributed by atoms with van der Waals surface area (Å²) in [5, 5.41) is 9.64. The van der Waals surface area contributed by atoms with Crippen LogP contribution in [0.4, 0.5) is 23.5 Å². The third-order valence-corrected chi connectivity index (χ3v) is 6.25. The van der Waals surface area contributed by atoms with Crippen LogP contribution in [0, 0.1) is 11.3 Å². The Balaban J connectivity index is 2.18. The van der Waals surface area contributed by atoms with Crippen LogP contribution in [0.3, 0.4) is 0 Å². The Hall–Kier alpha value is -4.50. The largest absolute Gasteiger partial charge is 0.382 e.